The van der Waals surface area contributed by atoms with E-state index in [0.29, 0.717) is 0 Å². The molecule has 1 heterocycles. The summed E-state index contributed by atoms with van der Waals surface area (Å²) in [7, 11) is 0. The van der Waals surface area contributed by atoms with E-state index in [1.165, 1.54) is 0 Å². The van der Waals surface area contributed by atoms with Crippen molar-refractivity contribution in [1.29, 1.82) is 5.26 Å². The van der Waals surface area contributed by atoms with Crippen LogP contribution in [0.3, 0.4) is 0 Å². The molecule has 0 radical (unpaired) electrons. The van der Waals surface area contributed by atoms with E-state index in [-0.39, 0.29) is 25.2 Å². The molecule has 0 spiro atoms. The zero-order valence-corrected chi connectivity index (χ0v) is 13.0. The molecule has 0 aliphatic rings. The molecule has 0 amide bonds. The standard InChI is InChI=1S/C16H18N2O5/c1-3-21-15(19)14(16(20)22-4-2)23-11-13(9-17)8-12-6-5-7-18-10-12/h5-7,10-11,14H,3-4,8H2,1-2H3/b13-11-. The van der Waals surface area contributed by atoms with Crippen LogP contribution in [-0.2, 0) is 30.2 Å². The Morgan fingerprint density at radius 1 is 1.30 bits per heavy atom. The molecule has 0 saturated carbocycles. The van der Waals surface area contributed by atoms with E-state index in [9.17, 15) is 9.59 Å². The molecule has 1 aromatic heterocycles. The summed E-state index contributed by atoms with van der Waals surface area (Å²) < 4.78 is 14.7. The van der Waals surface area contributed by atoms with Crippen LogP contribution in [0.25, 0.3) is 0 Å². The molecule has 0 N–H and O–H groups in total. The second-order valence-corrected chi connectivity index (χ2v) is 4.31. The Balaban J connectivity index is 2.82. The van der Waals surface area contributed by atoms with E-state index < -0.39 is 18.0 Å². The van der Waals surface area contributed by atoms with Crippen molar-refractivity contribution in [2.75, 3.05) is 13.2 Å². The molecular weight excluding hydrogens is 300 g/mol. The predicted molar refractivity (Wildman–Crippen MR) is 79.8 cm³/mol. The number of nitriles is 1. The monoisotopic (exact) mass is 318 g/mol. The fourth-order valence-electron chi connectivity index (χ4n) is 1.62. The van der Waals surface area contributed by atoms with E-state index in [1.54, 1.807) is 38.4 Å². The topological polar surface area (TPSA) is 98.5 Å². The van der Waals surface area contributed by atoms with Gasteiger partial charge in [0, 0.05) is 18.8 Å². The van der Waals surface area contributed by atoms with Gasteiger partial charge in [-0.2, -0.15) is 5.26 Å². The second kappa shape index (κ2) is 9.95. The van der Waals surface area contributed by atoms with Crippen molar-refractivity contribution in [2.45, 2.75) is 26.4 Å². The molecule has 0 atom stereocenters. The summed E-state index contributed by atoms with van der Waals surface area (Å²) in [5, 5.41) is 9.13. The predicted octanol–water partition coefficient (Wildman–Crippen LogP) is 1.54. The summed E-state index contributed by atoms with van der Waals surface area (Å²) in [6.07, 6.45) is 3.02. The van der Waals surface area contributed by atoms with Gasteiger partial charge >= 0.3 is 11.9 Å². The SMILES string of the molecule is CCOC(=O)C(O/C=C(\C#N)Cc1cccnc1)C(=O)OCC. The highest BCUT2D eigenvalue weighted by atomic mass is 16.6. The zero-order chi connectivity index (χ0) is 17.1. The lowest BCUT2D eigenvalue weighted by atomic mass is 10.1. The number of pyridine rings is 1. The van der Waals surface area contributed by atoms with Crippen molar-refractivity contribution >= 4 is 11.9 Å². The maximum atomic E-state index is 11.7. The van der Waals surface area contributed by atoms with Gasteiger partial charge in [0.05, 0.1) is 31.1 Å². The number of esters is 2. The number of aromatic nitrogens is 1. The molecule has 0 unspecified atom stereocenters. The molecule has 0 aromatic carbocycles. The maximum Gasteiger partial charge on any atom is 0.359 e. The van der Waals surface area contributed by atoms with Crippen LogP contribution in [0.1, 0.15) is 19.4 Å². The summed E-state index contributed by atoms with van der Waals surface area (Å²) in [4.78, 5) is 27.4. The first-order valence-electron chi connectivity index (χ1n) is 7.09. The minimum Gasteiger partial charge on any atom is -0.474 e. The number of carbonyl (C=O) groups excluding carboxylic acids is 2. The lowest BCUT2D eigenvalue weighted by molar-refractivity contribution is -0.168. The molecule has 0 aliphatic heterocycles. The van der Waals surface area contributed by atoms with Crippen LogP contribution < -0.4 is 0 Å². The van der Waals surface area contributed by atoms with Crippen molar-refractivity contribution < 1.29 is 23.8 Å². The number of hydrogen-bond acceptors (Lipinski definition) is 7. The number of allylic oxidation sites excluding steroid dienone is 1. The van der Waals surface area contributed by atoms with E-state index >= 15 is 0 Å². The van der Waals surface area contributed by atoms with Crippen LogP contribution in [0, 0.1) is 11.3 Å². The van der Waals surface area contributed by atoms with Crippen LogP contribution in [0.2, 0.25) is 0 Å². The first kappa shape index (κ1) is 18.2. The summed E-state index contributed by atoms with van der Waals surface area (Å²) in [6.45, 7) is 3.42. The normalized spacial score (nSPS) is 10.8. The van der Waals surface area contributed by atoms with Gasteiger partial charge in [0.25, 0.3) is 6.10 Å². The van der Waals surface area contributed by atoms with E-state index in [2.05, 4.69) is 4.98 Å². The molecular formula is C16H18N2O5. The summed E-state index contributed by atoms with van der Waals surface area (Å²) in [5.74, 6) is -1.72. The lowest BCUT2D eigenvalue weighted by Gasteiger charge is -2.14. The minimum atomic E-state index is -1.55. The van der Waals surface area contributed by atoms with Crippen molar-refractivity contribution in [3.8, 4) is 6.07 Å². The lowest BCUT2D eigenvalue weighted by Crippen LogP contribution is -2.35. The van der Waals surface area contributed by atoms with E-state index in [4.69, 9.17) is 19.5 Å². The highest BCUT2D eigenvalue weighted by Crippen LogP contribution is 2.08. The van der Waals surface area contributed by atoms with Crippen LogP contribution in [0.4, 0.5) is 0 Å². The van der Waals surface area contributed by atoms with Crippen molar-refractivity contribution in [1.82, 2.24) is 4.98 Å². The number of nitrogens with zero attached hydrogens (tertiary/aromatic N) is 2. The number of carbonyl (C=O) groups is 2. The van der Waals surface area contributed by atoms with Crippen molar-refractivity contribution in [3.05, 3.63) is 41.9 Å². The molecule has 1 rings (SSSR count). The Morgan fingerprint density at radius 3 is 2.43 bits per heavy atom. The molecule has 7 nitrogen and oxygen atoms in total. The summed E-state index contributed by atoms with van der Waals surface area (Å²) in [5.41, 5.74) is 1.03. The van der Waals surface area contributed by atoms with Crippen molar-refractivity contribution in [2.24, 2.45) is 0 Å². The molecule has 0 fully saturated rings. The van der Waals surface area contributed by atoms with E-state index in [0.717, 1.165) is 11.8 Å². The van der Waals surface area contributed by atoms with Gasteiger partial charge in [0.2, 0.25) is 0 Å². The largest absolute Gasteiger partial charge is 0.474 e. The first-order chi connectivity index (χ1) is 11.1. The van der Waals surface area contributed by atoms with Gasteiger partial charge < -0.3 is 14.2 Å². The number of hydrogen-bond donors (Lipinski definition) is 0. The molecule has 7 heteroatoms. The van der Waals surface area contributed by atoms with Crippen molar-refractivity contribution in [3.63, 3.8) is 0 Å². The van der Waals surface area contributed by atoms with Gasteiger partial charge in [-0.3, -0.25) is 4.98 Å². The number of rotatable bonds is 8. The highest BCUT2D eigenvalue weighted by Gasteiger charge is 2.30. The van der Waals surface area contributed by atoms with Gasteiger partial charge in [-0.05, 0) is 25.5 Å². The van der Waals surface area contributed by atoms with Gasteiger partial charge in [-0.15, -0.1) is 0 Å². The molecule has 122 valence electrons. The molecule has 23 heavy (non-hydrogen) atoms. The third-order valence-corrected chi connectivity index (χ3v) is 2.61. The van der Waals surface area contributed by atoms with Gasteiger partial charge in [-0.25, -0.2) is 9.59 Å². The first-order valence-corrected chi connectivity index (χ1v) is 7.09. The van der Waals surface area contributed by atoms with Crippen LogP contribution in [0.5, 0.6) is 0 Å². The van der Waals surface area contributed by atoms with Gasteiger partial charge in [0.15, 0.2) is 0 Å². The zero-order valence-electron chi connectivity index (χ0n) is 13.0. The fraction of sp³-hybridized carbons (Fsp3) is 0.375. The maximum absolute atomic E-state index is 11.7. The third-order valence-electron chi connectivity index (χ3n) is 2.61. The average Bonchev–Trinajstić information content (AvgIpc) is 2.55. The molecule has 0 bridgehead atoms. The molecule has 1 aromatic rings. The average molecular weight is 318 g/mol. The Kier molecular flexibility index (Phi) is 7.86. The molecule has 0 aliphatic carbocycles. The Bertz CT molecular complexity index is 574. The van der Waals surface area contributed by atoms with Crippen LogP contribution in [0.15, 0.2) is 36.4 Å². The second-order valence-electron chi connectivity index (χ2n) is 4.31. The number of ether oxygens (including phenoxy) is 3. The van der Waals surface area contributed by atoms with Gasteiger partial charge in [-0.1, -0.05) is 6.07 Å². The van der Waals surface area contributed by atoms with E-state index in [1.807, 2.05) is 6.07 Å². The third kappa shape index (κ3) is 6.18. The van der Waals surface area contributed by atoms with Gasteiger partial charge in [0.1, 0.15) is 0 Å². The summed E-state index contributed by atoms with van der Waals surface area (Å²) in [6, 6.07) is 5.49. The Hall–Kier alpha value is -2.88. The quantitative estimate of drug-likeness (QED) is 0.310. The Morgan fingerprint density at radius 2 is 1.96 bits per heavy atom. The minimum absolute atomic E-state index is 0.0998. The van der Waals surface area contributed by atoms with Crippen LogP contribution in [-0.4, -0.2) is 36.2 Å². The molecule has 0 saturated heterocycles. The van der Waals surface area contributed by atoms with Crippen LogP contribution >= 0.6 is 0 Å². The highest BCUT2D eigenvalue weighted by molar-refractivity contribution is 5.98. The smallest absolute Gasteiger partial charge is 0.359 e. The Labute approximate surface area is 134 Å². The summed E-state index contributed by atoms with van der Waals surface area (Å²) >= 11 is 0. The fourth-order valence-corrected chi connectivity index (χ4v) is 1.62.